The van der Waals surface area contributed by atoms with Gasteiger partial charge in [-0.15, -0.1) is 0 Å². The Bertz CT molecular complexity index is 738. The van der Waals surface area contributed by atoms with Gasteiger partial charge in [0.2, 0.25) is 0 Å². The SMILES string of the molecule is Clc1nc2cccccc-2c1C#Cc1ccccc1. The van der Waals surface area contributed by atoms with Crippen LogP contribution < -0.4 is 0 Å². The van der Waals surface area contributed by atoms with Crippen molar-refractivity contribution in [1.82, 2.24) is 4.98 Å². The van der Waals surface area contributed by atoms with Crippen molar-refractivity contribution in [3.63, 3.8) is 0 Å². The molecule has 1 aromatic rings. The number of rotatable bonds is 0. The minimum absolute atomic E-state index is 0.463. The van der Waals surface area contributed by atoms with Gasteiger partial charge in [0.25, 0.3) is 0 Å². The van der Waals surface area contributed by atoms with Gasteiger partial charge in [-0.2, -0.15) is 0 Å². The van der Waals surface area contributed by atoms with Crippen molar-refractivity contribution >= 4 is 11.6 Å². The first kappa shape index (κ1) is 11.8. The molecule has 0 unspecified atom stereocenters. The van der Waals surface area contributed by atoms with Gasteiger partial charge in [0.05, 0.1) is 11.3 Å². The van der Waals surface area contributed by atoms with Crippen LogP contribution in [0.4, 0.5) is 0 Å². The van der Waals surface area contributed by atoms with Crippen LogP contribution in [0.25, 0.3) is 11.3 Å². The Morgan fingerprint density at radius 1 is 0.789 bits per heavy atom. The van der Waals surface area contributed by atoms with E-state index < -0.39 is 0 Å². The zero-order valence-electron chi connectivity index (χ0n) is 10.1. The third kappa shape index (κ3) is 2.45. The van der Waals surface area contributed by atoms with Crippen LogP contribution in [0.5, 0.6) is 0 Å². The summed E-state index contributed by atoms with van der Waals surface area (Å²) in [5, 5.41) is 0.463. The summed E-state index contributed by atoms with van der Waals surface area (Å²) in [6, 6.07) is 19.6. The van der Waals surface area contributed by atoms with Crippen molar-refractivity contribution in [2.75, 3.05) is 0 Å². The van der Waals surface area contributed by atoms with Crippen LogP contribution in [-0.4, -0.2) is 4.98 Å². The number of hydrogen-bond donors (Lipinski definition) is 0. The molecule has 0 saturated carbocycles. The van der Waals surface area contributed by atoms with E-state index in [0.717, 1.165) is 22.4 Å². The highest BCUT2D eigenvalue weighted by Crippen LogP contribution is 2.29. The Balaban J connectivity index is 2.09. The molecular formula is C17H10ClN. The number of benzene rings is 1. The highest BCUT2D eigenvalue weighted by atomic mass is 35.5. The molecule has 0 aromatic heterocycles. The summed E-state index contributed by atoms with van der Waals surface area (Å²) in [7, 11) is 0. The van der Waals surface area contributed by atoms with E-state index in [1.807, 2.05) is 60.7 Å². The molecule has 1 heterocycles. The van der Waals surface area contributed by atoms with E-state index in [9.17, 15) is 0 Å². The average molecular weight is 264 g/mol. The summed E-state index contributed by atoms with van der Waals surface area (Å²) in [6.45, 7) is 0. The zero-order valence-corrected chi connectivity index (χ0v) is 10.9. The van der Waals surface area contributed by atoms with E-state index in [1.54, 1.807) is 0 Å². The molecule has 1 aliphatic carbocycles. The molecule has 1 aliphatic heterocycles. The van der Waals surface area contributed by atoms with Gasteiger partial charge in [-0.3, -0.25) is 0 Å². The van der Waals surface area contributed by atoms with Crippen LogP contribution in [0.1, 0.15) is 11.1 Å². The first-order chi connectivity index (χ1) is 9.34. The number of halogens is 1. The first-order valence-electron chi connectivity index (χ1n) is 5.96. The highest BCUT2D eigenvalue weighted by molar-refractivity contribution is 6.31. The fraction of sp³-hybridized carbons (Fsp3) is 0. The monoisotopic (exact) mass is 263 g/mol. The maximum Gasteiger partial charge on any atom is 0.146 e. The summed E-state index contributed by atoms with van der Waals surface area (Å²) in [5.74, 6) is 6.24. The molecular weight excluding hydrogens is 254 g/mol. The molecule has 0 atom stereocenters. The van der Waals surface area contributed by atoms with Crippen LogP contribution in [0, 0.1) is 11.8 Å². The van der Waals surface area contributed by atoms with E-state index in [4.69, 9.17) is 11.6 Å². The first-order valence-corrected chi connectivity index (χ1v) is 6.34. The minimum atomic E-state index is 0.463. The lowest BCUT2D eigenvalue weighted by molar-refractivity contribution is 1.41. The largest absolute Gasteiger partial charge is 0.235 e. The van der Waals surface area contributed by atoms with Gasteiger partial charge in [-0.25, -0.2) is 4.98 Å². The molecule has 1 aromatic carbocycles. The van der Waals surface area contributed by atoms with Crippen molar-refractivity contribution in [1.29, 1.82) is 0 Å². The van der Waals surface area contributed by atoms with E-state index in [-0.39, 0.29) is 0 Å². The number of aromatic nitrogens is 1. The lowest BCUT2D eigenvalue weighted by Crippen LogP contribution is -1.76. The molecule has 1 nitrogen and oxygen atoms in total. The lowest BCUT2D eigenvalue weighted by Gasteiger charge is -1.91. The van der Waals surface area contributed by atoms with Gasteiger partial charge in [0.1, 0.15) is 5.15 Å². The summed E-state index contributed by atoms with van der Waals surface area (Å²) in [4.78, 5) is 4.33. The predicted octanol–water partition coefficient (Wildman–Crippen LogP) is 4.24. The van der Waals surface area contributed by atoms with Crippen LogP contribution >= 0.6 is 11.6 Å². The van der Waals surface area contributed by atoms with Crippen molar-refractivity contribution in [3.05, 3.63) is 76.9 Å². The summed E-state index contributed by atoms with van der Waals surface area (Å²) in [5.41, 5.74) is 3.61. The Morgan fingerprint density at radius 3 is 2.26 bits per heavy atom. The van der Waals surface area contributed by atoms with Gasteiger partial charge >= 0.3 is 0 Å². The fourth-order valence-corrected chi connectivity index (χ4v) is 2.13. The van der Waals surface area contributed by atoms with Crippen LogP contribution in [0.2, 0.25) is 5.15 Å². The highest BCUT2D eigenvalue weighted by Gasteiger charge is 2.13. The molecule has 2 heteroatoms. The number of hydrogen-bond acceptors (Lipinski definition) is 1. The fourth-order valence-electron chi connectivity index (χ4n) is 1.89. The van der Waals surface area contributed by atoms with E-state index in [1.165, 1.54) is 0 Å². The van der Waals surface area contributed by atoms with Crippen molar-refractivity contribution in [2.45, 2.75) is 0 Å². The Kier molecular flexibility index (Phi) is 3.18. The second-order valence-electron chi connectivity index (χ2n) is 4.10. The Hall–Kier alpha value is -2.30. The van der Waals surface area contributed by atoms with Crippen molar-refractivity contribution < 1.29 is 0 Å². The van der Waals surface area contributed by atoms with Gasteiger partial charge in [-0.05, 0) is 18.2 Å². The third-order valence-electron chi connectivity index (χ3n) is 2.82. The normalized spacial score (nSPS) is 9.95. The van der Waals surface area contributed by atoms with Gasteiger partial charge in [0.15, 0.2) is 0 Å². The van der Waals surface area contributed by atoms with Gasteiger partial charge < -0.3 is 0 Å². The Morgan fingerprint density at radius 2 is 1.47 bits per heavy atom. The van der Waals surface area contributed by atoms with Crippen LogP contribution in [0.15, 0.2) is 60.7 Å². The average Bonchev–Trinajstić information content (AvgIpc) is 2.61. The molecule has 0 spiro atoms. The maximum absolute atomic E-state index is 6.16. The number of fused-ring (bicyclic) bond motifs is 1. The van der Waals surface area contributed by atoms with Crippen molar-refractivity contribution in [3.8, 4) is 23.1 Å². The number of nitrogens with zero attached hydrogens (tertiary/aromatic N) is 1. The minimum Gasteiger partial charge on any atom is -0.235 e. The molecule has 0 amide bonds. The molecule has 0 radical (unpaired) electrons. The molecule has 19 heavy (non-hydrogen) atoms. The second kappa shape index (κ2) is 5.14. The van der Waals surface area contributed by atoms with E-state index in [2.05, 4.69) is 16.8 Å². The van der Waals surface area contributed by atoms with Crippen LogP contribution in [-0.2, 0) is 0 Å². The second-order valence-corrected chi connectivity index (χ2v) is 4.46. The van der Waals surface area contributed by atoms with Gasteiger partial charge in [0, 0.05) is 11.1 Å². The van der Waals surface area contributed by atoms with Gasteiger partial charge in [-0.1, -0.05) is 65.9 Å². The quantitative estimate of drug-likeness (QED) is 0.553. The third-order valence-corrected chi connectivity index (χ3v) is 3.09. The standard InChI is InChI=1S/C17H10ClN/c18-17-15(12-11-13-7-3-1-4-8-13)14-9-5-2-6-10-16(14)19-17/h1-10H. The Labute approximate surface area is 117 Å². The molecule has 90 valence electrons. The van der Waals surface area contributed by atoms with E-state index >= 15 is 0 Å². The molecule has 0 N–H and O–H groups in total. The zero-order chi connectivity index (χ0) is 13.1. The lowest BCUT2D eigenvalue weighted by atomic mass is 10.1. The summed E-state index contributed by atoms with van der Waals surface area (Å²) in [6.07, 6.45) is 0. The summed E-state index contributed by atoms with van der Waals surface area (Å²) < 4.78 is 0. The van der Waals surface area contributed by atoms with Crippen molar-refractivity contribution in [2.24, 2.45) is 0 Å². The molecule has 2 aliphatic rings. The molecule has 0 bridgehead atoms. The summed E-state index contributed by atoms with van der Waals surface area (Å²) >= 11 is 6.16. The van der Waals surface area contributed by atoms with Crippen LogP contribution in [0.3, 0.4) is 0 Å². The predicted molar refractivity (Wildman–Crippen MR) is 78.3 cm³/mol. The molecule has 0 saturated heterocycles. The molecule has 0 fully saturated rings. The van der Waals surface area contributed by atoms with E-state index in [0.29, 0.717) is 5.15 Å². The molecule has 3 rings (SSSR count). The smallest absolute Gasteiger partial charge is 0.146 e. The topological polar surface area (TPSA) is 12.9 Å². The maximum atomic E-state index is 6.16.